The molecular weight excluding hydrogens is 436 g/mol. The van der Waals surface area contributed by atoms with Gasteiger partial charge in [-0.3, -0.25) is 9.48 Å². The summed E-state index contributed by atoms with van der Waals surface area (Å²) in [4.78, 5) is 17.4. The molecule has 0 unspecified atom stereocenters. The lowest BCUT2D eigenvalue weighted by Gasteiger charge is -2.42. The molecule has 1 aliphatic carbocycles. The summed E-state index contributed by atoms with van der Waals surface area (Å²) in [6.07, 6.45) is 0.156. The topological polar surface area (TPSA) is 120 Å². The number of aryl methyl sites for hydroxylation is 1. The third-order valence-corrected chi connectivity index (χ3v) is 6.31. The van der Waals surface area contributed by atoms with Gasteiger partial charge in [0.15, 0.2) is 5.82 Å². The summed E-state index contributed by atoms with van der Waals surface area (Å²) < 4.78 is 34.5. The lowest BCUT2D eigenvalue weighted by Crippen LogP contribution is -2.50. The molecule has 0 radical (unpaired) electrons. The van der Waals surface area contributed by atoms with Crippen LogP contribution in [0.5, 0.6) is 5.88 Å². The Morgan fingerprint density at radius 3 is 2.85 bits per heavy atom. The van der Waals surface area contributed by atoms with Gasteiger partial charge in [-0.2, -0.15) is 0 Å². The van der Waals surface area contributed by atoms with Crippen LogP contribution >= 0.6 is 0 Å². The van der Waals surface area contributed by atoms with E-state index < -0.39 is 24.0 Å². The Morgan fingerprint density at radius 1 is 1.33 bits per heavy atom. The van der Waals surface area contributed by atoms with Gasteiger partial charge < -0.3 is 19.7 Å². The van der Waals surface area contributed by atoms with Crippen molar-refractivity contribution >= 4 is 11.7 Å². The van der Waals surface area contributed by atoms with E-state index in [1.165, 1.54) is 18.0 Å². The molecule has 12 heteroatoms. The molecule has 4 heterocycles. The minimum atomic E-state index is -2.83. The normalized spacial score (nSPS) is 23.9. The second kappa shape index (κ2) is 7.87. The van der Waals surface area contributed by atoms with Gasteiger partial charge in [-0.15, -0.1) is 15.3 Å². The van der Waals surface area contributed by atoms with E-state index in [9.17, 15) is 18.7 Å². The predicted octanol–water partition coefficient (Wildman–Crippen LogP) is 2.64. The SMILES string of the molecule is COc1nn(C2CC(O)(C(F)F)C2)cc1C(=O)Nc1cccc(-c2nnc3n2[C@@H](C)CC3)n1. The summed E-state index contributed by atoms with van der Waals surface area (Å²) in [5, 5.41) is 25.2. The molecule has 0 spiro atoms. The smallest absolute Gasteiger partial charge is 0.266 e. The molecule has 1 aliphatic heterocycles. The fourth-order valence-corrected chi connectivity index (χ4v) is 4.40. The van der Waals surface area contributed by atoms with Crippen molar-refractivity contribution < 1.29 is 23.4 Å². The quantitative estimate of drug-likeness (QED) is 0.581. The Balaban J connectivity index is 1.35. The highest BCUT2D eigenvalue weighted by Crippen LogP contribution is 2.45. The van der Waals surface area contributed by atoms with Crippen LogP contribution in [-0.4, -0.2) is 59.7 Å². The zero-order valence-electron chi connectivity index (χ0n) is 18.1. The molecule has 1 saturated carbocycles. The minimum Gasteiger partial charge on any atom is -0.479 e. The average molecular weight is 459 g/mol. The van der Waals surface area contributed by atoms with Gasteiger partial charge in [0.1, 0.15) is 28.5 Å². The number of alkyl halides is 2. The fraction of sp³-hybridized carbons (Fsp3) is 0.476. The number of rotatable bonds is 6. The number of amides is 1. The molecule has 3 aromatic rings. The van der Waals surface area contributed by atoms with Crippen LogP contribution < -0.4 is 10.1 Å². The molecule has 10 nitrogen and oxygen atoms in total. The number of nitrogens with one attached hydrogen (secondary N) is 1. The summed E-state index contributed by atoms with van der Waals surface area (Å²) in [6.45, 7) is 2.10. The molecule has 0 bridgehead atoms. The maximum atomic E-state index is 12.9. The molecule has 1 amide bonds. The van der Waals surface area contributed by atoms with E-state index in [4.69, 9.17) is 4.74 Å². The second-order valence-corrected chi connectivity index (χ2v) is 8.56. The molecule has 2 aliphatic rings. The zero-order chi connectivity index (χ0) is 23.3. The van der Waals surface area contributed by atoms with Crippen molar-refractivity contribution in [2.75, 3.05) is 12.4 Å². The van der Waals surface area contributed by atoms with Gasteiger partial charge in [0.2, 0.25) is 5.88 Å². The summed E-state index contributed by atoms with van der Waals surface area (Å²) in [5.41, 5.74) is -1.30. The number of pyridine rings is 1. The van der Waals surface area contributed by atoms with Crippen molar-refractivity contribution in [2.24, 2.45) is 0 Å². The van der Waals surface area contributed by atoms with Gasteiger partial charge in [0, 0.05) is 31.5 Å². The van der Waals surface area contributed by atoms with E-state index in [2.05, 4.69) is 37.1 Å². The molecule has 1 atom stereocenters. The molecule has 1 fully saturated rings. The molecule has 33 heavy (non-hydrogen) atoms. The van der Waals surface area contributed by atoms with Crippen LogP contribution in [0.3, 0.4) is 0 Å². The number of halogens is 2. The van der Waals surface area contributed by atoms with Crippen molar-refractivity contribution in [1.82, 2.24) is 29.5 Å². The number of carbonyl (C=O) groups excluding carboxylic acids is 1. The molecule has 3 aromatic heterocycles. The van der Waals surface area contributed by atoms with Crippen LogP contribution in [0.25, 0.3) is 11.5 Å². The first-order chi connectivity index (χ1) is 15.8. The number of hydrogen-bond donors (Lipinski definition) is 2. The summed E-state index contributed by atoms with van der Waals surface area (Å²) in [6, 6.07) is 5.04. The lowest BCUT2D eigenvalue weighted by molar-refractivity contribution is -0.165. The number of nitrogens with zero attached hydrogens (tertiary/aromatic N) is 6. The Bertz CT molecular complexity index is 1200. The maximum absolute atomic E-state index is 12.9. The van der Waals surface area contributed by atoms with Crippen LogP contribution in [0.2, 0.25) is 0 Å². The first-order valence-electron chi connectivity index (χ1n) is 10.7. The van der Waals surface area contributed by atoms with Crippen molar-refractivity contribution in [3.63, 3.8) is 0 Å². The maximum Gasteiger partial charge on any atom is 0.266 e. The highest BCUT2D eigenvalue weighted by Gasteiger charge is 2.51. The van der Waals surface area contributed by atoms with E-state index in [0.29, 0.717) is 17.3 Å². The van der Waals surface area contributed by atoms with Gasteiger partial charge in [-0.1, -0.05) is 6.07 Å². The van der Waals surface area contributed by atoms with E-state index in [0.717, 1.165) is 18.7 Å². The molecule has 5 rings (SSSR count). The Labute approximate surface area is 187 Å². The monoisotopic (exact) mass is 459 g/mol. The predicted molar refractivity (Wildman–Crippen MR) is 112 cm³/mol. The van der Waals surface area contributed by atoms with Gasteiger partial charge >= 0.3 is 0 Å². The Kier molecular flexibility index (Phi) is 5.11. The fourth-order valence-electron chi connectivity index (χ4n) is 4.40. The van der Waals surface area contributed by atoms with E-state index in [-0.39, 0.29) is 30.3 Å². The zero-order valence-corrected chi connectivity index (χ0v) is 18.1. The number of aromatic nitrogens is 6. The number of hydrogen-bond acceptors (Lipinski definition) is 7. The van der Waals surface area contributed by atoms with Gasteiger partial charge in [0.05, 0.1) is 13.2 Å². The van der Waals surface area contributed by atoms with Crippen molar-refractivity contribution in [3.8, 4) is 17.4 Å². The second-order valence-electron chi connectivity index (χ2n) is 8.56. The lowest BCUT2D eigenvalue weighted by atomic mass is 9.76. The van der Waals surface area contributed by atoms with Crippen LogP contribution in [0, 0.1) is 0 Å². The number of fused-ring (bicyclic) bond motifs is 1. The standard InChI is InChI=1S/C21H23F2N7O3/c1-11-6-7-16-26-27-17(30(11)16)14-4-3-5-15(24-14)25-18(31)13-10-29(28-19(13)33-2)12-8-21(32,9-12)20(22)23/h3-5,10-12,20,32H,6-9H2,1-2H3,(H,24,25,31)/t11-,12?,21?/m0/s1. The highest BCUT2D eigenvalue weighted by molar-refractivity contribution is 6.05. The number of ether oxygens (including phenoxy) is 1. The number of aliphatic hydroxyl groups is 1. The Hall–Kier alpha value is -3.41. The highest BCUT2D eigenvalue weighted by atomic mass is 19.3. The van der Waals surface area contributed by atoms with E-state index >= 15 is 0 Å². The van der Waals surface area contributed by atoms with Crippen LogP contribution in [0.15, 0.2) is 24.4 Å². The molecule has 2 N–H and O–H groups in total. The summed E-state index contributed by atoms with van der Waals surface area (Å²) >= 11 is 0. The van der Waals surface area contributed by atoms with Gasteiger partial charge in [0.25, 0.3) is 12.3 Å². The number of carbonyl (C=O) groups is 1. The average Bonchev–Trinajstić information content (AvgIpc) is 3.47. The number of methoxy groups -OCH3 is 1. The van der Waals surface area contributed by atoms with E-state index in [1.807, 2.05) is 0 Å². The summed E-state index contributed by atoms with van der Waals surface area (Å²) in [5.74, 6) is 1.42. The van der Waals surface area contributed by atoms with Gasteiger partial charge in [-0.25, -0.2) is 13.8 Å². The van der Waals surface area contributed by atoms with Crippen molar-refractivity contribution in [2.45, 2.75) is 56.7 Å². The third-order valence-electron chi connectivity index (χ3n) is 6.31. The minimum absolute atomic E-state index is 0.0558. The van der Waals surface area contributed by atoms with Gasteiger partial charge in [-0.05, 0) is 25.5 Å². The van der Waals surface area contributed by atoms with E-state index in [1.54, 1.807) is 18.2 Å². The van der Waals surface area contributed by atoms with Crippen molar-refractivity contribution in [1.29, 1.82) is 0 Å². The third kappa shape index (κ3) is 3.63. The first-order valence-corrected chi connectivity index (χ1v) is 10.7. The Morgan fingerprint density at radius 2 is 2.12 bits per heavy atom. The molecule has 0 saturated heterocycles. The first kappa shape index (κ1) is 21.4. The van der Waals surface area contributed by atoms with Crippen LogP contribution in [0.1, 0.15) is 54.5 Å². The molecular formula is C21H23F2N7O3. The number of anilines is 1. The van der Waals surface area contributed by atoms with Crippen LogP contribution in [0.4, 0.5) is 14.6 Å². The van der Waals surface area contributed by atoms with Crippen LogP contribution in [-0.2, 0) is 6.42 Å². The van der Waals surface area contributed by atoms with Crippen molar-refractivity contribution in [3.05, 3.63) is 35.8 Å². The molecule has 174 valence electrons. The summed E-state index contributed by atoms with van der Waals surface area (Å²) in [7, 11) is 1.37. The largest absolute Gasteiger partial charge is 0.479 e. The molecule has 0 aromatic carbocycles.